The summed E-state index contributed by atoms with van der Waals surface area (Å²) in [6.45, 7) is 9.57. The van der Waals surface area contributed by atoms with Gasteiger partial charge in [0.05, 0.1) is 0 Å². The van der Waals surface area contributed by atoms with Crippen molar-refractivity contribution >= 4 is 0 Å². The standard InChI is InChI=1S/C13H29N3O2/c1-5-15-6-7-16(10-11(15)2)12(9-14)8-13(17-3)18-4/h11-13H,5-10,14H2,1-4H3. The lowest BCUT2D eigenvalue weighted by Gasteiger charge is -2.43. The van der Waals surface area contributed by atoms with E-state index < -0.39 is 0 Å². The molecular weight excluding hydrogens is 230 g/mol. The summed E-state index contributed by atoms with van der Waals surface area (Å²) in [4.78, 5) is 4.98. The van der Waals surface area contributed by atoms with Crippen LogP contribution in [0.25, 0.3) is 0 Å². The van der Waals surface area contributed by atoms with Gasteiger partial charge in [0.1, 0.15) is 0 Å². The highest BCUT2D eigenvalue weighted by Crippen LogP contribution is 2.15. The molecule has 2 atom stereocenters. The van der Waals surface area contributed by atoms with Gasteiger partial charge in [-0.15, -0.1) is 0 Å². The average Bonchev–Trinajstić information content (AvgIpc) is 2.40. The highest BCUT2D eigenvalue weighted by Gasteiger charge is 2.28. The van der Waals surface area contributed by atoms with Gasteiger partial charge in [0.2, 0.25) is 0 Å². The number of methoxy groups -OCH3 is 2. The van der Waals surface area contributed by atoms with Gasteiger partial charge >= 0.3 is 0 Å². The minimum absolute atomic E-state index is 0.155. The molecule has 1 saturated heterocycles. The Kier molecular flexibility index (Phi) is 7.11. The lowest BCUT2D eigenvalue weighted by Crippen LogP contribution is -2.56. The highest BCUT2D eigenvalue weighted by atomic mass is 16.7. The zero-order chi connectivity index (χ0) is 13.5. The van der Waals surface area contributed by atoms with Gasteiger partial charge in [-0.1, -0.05) is 6.92 Å². The molecule has 1 heterocycles. The van der Waals surface area contributed by atoms with E-state index in [1.54, 1.807) is 14.2 Å². The van der Waals surface area contributed by atoms with Gasteiger partial charge in [-0.05, 0) is 13.5 Å². The molecule has 108 valence electrons. The molecule has 0 bridgehead atoms. The van der Waals surface area contributed by atoms with Gasteiger partial charge in [0.25, 0.3) is 0 Å². The van der Waals surface area contributed by atoms with Crippen LogP contribution < -0.4 is 5.73 Å². The topological polar surface area (TPSA) is 51.0 Å². The van der Waals surface area contributed by atoms with E-state index in [2.05, 4.69) is 23.6 Å². The van der Waals surface area contributed by atoms with Crippen molar-refractivity contribution in [3.63, 3.8) is 0 Å². The molecule has 18 heavy (non-hydrogen) atoms. The van der Waals surface area contributed by atoms with Gasteiger partial charge < -0.3 is 15.2 Å². The Morgan fingerprint density at radius 3 is 2.39 bits per heavy atom. The van der Waals surface area contributed by atoms with Crippen LogP contribution in [0.1, 0.15) is 20.3 Å². The monoisotopic (exact) mass is 259 g/mol. The molecule has 5 heteroatoms. The average molecular weight is 259 g/mol. The predicted octanol–water partition coefficient (Wildman–Crippen LogP) is 0.349. The van der Waals surface area contributed by atoms with Crippen LogP contribution in [0, 0.1) is 0 Å². The second-order valence-electron chi connectivity index (χ2n) is 5.00. The van der Waals surface area contributed by atoms with E-state index in [-0.39, 0.29) is 6.29 Å². The van der Waals surface area contributed by atoms with Crippen LogP contribution >= 0.6 is 0 Å². The molecule has 0 aromatic rings. The molecule has 1 aliphatic rings. The van der Waals surface area contributed by atoms with Crippen molar-refractivity contribution in [1.29, 1.82) is 0 Å². The van der Waals surface area contributed by atoms with Crippen molar-refractivity contribution in [3.8, 4) is 0 Å². The van der Waals surface area contributed by atoms with Crippen LogP contribution in [0.2, 0.25) is 0 Å². The minimum Gasteiger partial charge on any atom is -0.356 e. The van der Waals surface area contributed by atoms with Crippen molar-refractivity contribution in [2.24, 2.45) is 5.73 Å². The van der Waals surface area contributed by atoms with Crippen molar-refractivity contribution in [3.05, 3.63) is 0 Å². The number of hydrogen-bond donors (Lipinski definition) is 1. The molecule has 1 rings (SSSR count). The molecule has 5 nitrogen and oxygen atoms in total. The Bertz CT molecular complexity index is 224. The Morgan fingerprint density at radius 2 is 1.94 bits per heavy atom. The fourth-order valence-corrected chi connectivity index (χ4v) is 2.73. The Hall–Kier alpha value is -0.200. The highest BCUT2D eigenvalue weighted by molar-refractivity contribution is 4.84. The van der Waals surface area contributed by atoms with Crippen LogP contribution in [0.15, 0.2) is 0 Å². The van der Waals surface area contributed by atoms with Gasteiger partial charge in [0.15, 0.2) is 6.29 Å². The van der Waals surface area contributed by atoms with Gasteiger partial charge in [-0.3, -0.25) is 9.80 Å². The summed E-state index contributed by atoms with van der Waals surface area (Å²) in [5.41, 5.74) is 5.91. The summed E-state index contributed by atoms with van der Waals surface area (Å²) in [6, 6.07) is 0.942. The van der Waals surface area contributed by atoms with Crippen molar-refractivity contribution in [1.82, 2.24) is 9.80 Å². The first-order chi connectivity index (χ1) is 8.65. The molecule has 0 radical (unpaired) electrons. The summed E-state index contributed by atoms with van der Waals surface area (Å²) in [5, 5.41) is 0. The predicted molar refractivity (Wildman–Crippen MR) is 73.5 cm³/mol. The molecule has 2 N–H and O–H groups in total. The second-order valence-corrected chi connectivity index (χ2v) is 5.00. The summed E-state index contributed by atoms with van der Waals surface area (Å²) in [6.07, 6.45) is 0.681. The molecule has 1 aliphatic heterocycles. The van der Waals surface area contributed by atoms with Crippen LogP contribution in [-0.4, -0.2) is 75.1 Å². The summed E-state index contributed by atoms with van der Waals surface area (Å²) in [7, 11) is 3.36. The van der Waals surface area contributed by atoms with E-state index in [0.717, 1.165) is 32.6 Å². The number of rotatable bonds is 7. The van der Waals surface area contributed by atoms with Crippen LogP contribution in [0.3, 0.4) is 0 Å². The van der Waals surface area contributed by atoms with Crippen molar-refractivity contribution in [2.75, 3.05) is 46.9 Å². The Morgan fingerprint density at radius 1 is 1.28 bits per heavy atom. The van der Waals surface area contributed by atoms with Crippen LogP contribution in [0.4, 0.5) is 0 Å². The number of likely N-dealkylation sites (N-methyl/N-ethyl adjacent to an activating group) is 1. The molecule has 1 fully saturated rings. The SMILES string of the molecule is CCN1CCN(C(CN)CC(OC)OC)CC1C. The normalized spacial score (nSPS) is 24.7. The third-order valence-electron chi connectivity index (χ3n) is 3.98. The van der Waals surface area contributed by atoms with E-state index in [1.807, 2.05) is 0 Å². The van der Waals surface area contributed by atoms with Crippen molar-refractivity contribution < 1.29 is 9.47 Å². The number of nitrogens with two attached hydrogens (primary N) is 1. The summed E-state index contributed by atoms with van der Waals surface area (Å²) in [5.74, 6) is 0. The zero-order valence-electron chi connectivity index (χ0n) is 12.3. The summed E-state index contributed by atoms with van der Waals surface area (Å²) >= 11 is 0. The largest absolute Gasteiger partial charge is 0.356 e. The summed E-state index contributed by atoms with van der Waals surface area (Å²) < 4.78 is 10.6. The van der Waals surface area contributed by atoms with Crippen LogP contribution in [0.5, 0.6) is 0 Å². The lowest BCUT2D eigenvalue weighted by molar-refractivity contribution is -0.119. The lowest BCUT2D eigenvalue weighted by atomic mass is 10.1. The zero-order valence-corrected chi connectivity index (χ0v) is 12.3. The number of nitrogens with zero attached hydrogens (tertiary/aromatic N) is 2. The first-order valence-electron chi connectivity index (χ1n) is 6.89. The van der Waals surface area contributed by atoms with E-state index in [9.17, 15) is 0 Å². The van der Waals surface area contributed by atoms with Crippen molar-refractivity contribution in [2.45, 2.75) is 38.6 Å². The molecule has 0 aromatic heterocycles. The maximum Gasteiger partial charge on any atom is 0.158 e. The molecule has 0 aliphatic carbocycles. The second kappa shape index (κ2) is 8.07. The molecule has 0 amide bonds. The number of hydrogen-bond acceptors (Lipinski definition) is 5. The first-order valence-corrected chi connectivity index (χ1v) is 6.89. The minimum atomic E-state index is -0.155. The van der Waals surface area contributed by atoms with E-state index >= 15 is 0 Å². The van der Waals surface area contributed by atoms with E-state index in [4.69, 9.17) is 15.2 Å². The quantitative estimate of drug-likeness (QED) is 0.669. The van der Waals surface area contributed by atoms with E-state index in [0.29, 0.717) is 18.6 Å². The molecule has 0 spiro atoms. The molecule has 2 unspecified atom stereocenters. The third kappa shape index (κ3) is 4.17. The third-order valence-corrected chi connectivity index (χ3v) is 3.98. The Labute approximate surface area is 111 Å². The molecule has 0 aromatic carbocycles. The maximum absolute atomic E-state index is 5.91. The smallest absolute Gasteiger partial charge is 0.158 e. The van der Waals surface area contributed by atoms with Gasteiger partial charge in [0, 0.05) is 58.9 Å². The molecule has 0 saturated carbocycles. The van der Waals surface area contributed by atoms with Crippen LogP contribution in [-0.2, 0) is 9.47 Å². The number of ether oxygens (including phenoxy) is 2. The maximum atomic E-state index is 5.91. The molecular formula is C13H29N3O2. The van der Waals surface area contributed by atoms with Gasteiger partial charge in [-0.2, -0.15) is 0 Å². The van der Waals surface area contributed by atoms with E-state index in [1.165, 1.54) is 0 Å². The fraction of sp³-hybridized carbons (Fsp3) is 1.00. The first kappa shape index (κ1) is 15.9. The fourth-order valence-electron chi connectivity index (χ4n) is 2.73. The Balaban J connectivity index is 2.50. The van der Waals surface area contributed by atoms with Gasteiger partial charge in [-0.25, -0.2) is 0 Å². The number of piperazine rings is 1.